The molecule has 1 fully saturated rings. The molecule has 4 aromatic rings. The Kier molecular flexibility index (Phi) is 4.69. The SMILES string of the molecule is Cc1c[nH]c2ncc(-c3cc4c(c([C@@H]5CCCN5)c3)CN(C(=O)Nc3nccs3)C4)cc12. The summed E-state index contributed by atoms with van der Waals surface area (Å²) in [7, 11) is 0. The summed E-state index contributed by atoms with van der Waals surface area (Å²) >= 11 is 1.43. The lowest BCUT2D eigenvalue weighted by atomic mass is 9.91. The molecule has 1 atom stereocenters. The molecule has 5 heterocycles. The van der Waals surface area contributed by atoms with E-state index in [0.717, 1.165) is 35.1 Å². The molecule has 32 heavy (non-hydrogen) atoms. The number of anilines is 1. The number of hydrogen-bond donors (Lipinski definition) is 3. The summed E-state index contributed by atoms with van der Waals surface area (Å²) in [4.78, 5) is 26.8. The molecule has 3 aromatic heterocycles. The Labute approximate surface area is 189 Å². The zero-order valence-corrected chi connectivity index (χ0v) is 18.6. The molecule has 2 amide bonds. The molecule has 0 radical (unpaired) electrons. The second kappa shape index (κ2) is 7.72. The maximum absolute atomic E-state index is 12.9. The van der Waals surface area contributed by atoms with Gasteiger partial charge in [-0.1, -0.05) is 0 Å². The molecule has 1 saturated heterocycles. The average Bonchev–Trinajstić information content (AvgIpc) is 3.60. The van der Waals surface area contributed by atoms with E-state index in [9.17, 15) is 4.79 Å². The lowest BCUT2D eigenvalue weighted by Crippen LogP contribution is -2.30. The third kappa shape index (κ3) is 3.36. The second-order valence-corrected chi connectivity index (χ2v) is 9.46. The molecule has 0 aliphatic carbocycles. The van der Waals surface area contributed by atoms with E-state index in [4.69, 9.17) is 0 Å². The number of carbonyl (C=O) groups excluding carboxylic acids is 1. The Morgan fingerprint density at radius 1 is 1.22 bits per heavy atom. The lowest BCUT2D eigenvalue weighted by molar-refractivity contribution is 0.212. The minimum Gasteiger partial charge on any atom is -0.346 e. The number of pyridine rings is 1. The Morgan fingerprint density at radius 2 is 2.16 bits per heavy atom. The highest BCUT2D eigenvalue weighted by Crippen LogP contribution is 2.37. The number of amides is 2. The number of thiazole rings is 1. The molecule has 2 aliphatic heterocycles. The molecule has 3 N–H and O–H groups in total. The first-order chi connectivity index (χ1) is 15.7. The molecule has 8 heteroatoms. The van der Waals surface area contributed by atoms with Crippen molar-refractivity contribution in [1.82, 2.24) is 25.2 Å². The number of hydrogen-bond acceptors (Lipinski definition) is 5. The van der Waals surface area contributed by atoms with Crippen LogP contribution in [0.25, 0.3) is 22.2 Å². The van der Waals surface area contributed by atoms with Gasteiger partial charge in [0.05, 0.1) is 0 Å². The van der Waals surface area contributed by atoms with Crippen molar-refractivity contribution in [3.05, 3.63) is 64.4 Å². The maximum Gasteiger partial charge on any atom is 0.324 e. The normalized spacial score (nSPS) is 17.8. The molecular weight excluding hydrogens is 420 g/mol. The standard InChI is InChI=1S/C24H24N6OS/c1-14-10-27-22-18(14)9-16(11-28-22)15-7-17-12-30(24(31)29-23-26-5-6-32-23)13-20(17)19(8-15)21-3-2-4-25-21/h5-11,21,25H,2-4,12-13H2,1H3,(H,27,28)(H,26,29,31)/t21-/m0/s1. The fourth-order valence-corrected chi connectivity index (χ4v) is 5.38. The van der Waals surface area contributed by atoms with E-state index in [1.807, 2.05) is 22.7 Å². The van der Waals surface area contributed by atoms with Crippen molar-refractivity contribution in [1.29, 1.82) is 0 Å². The van der Waals surface area contributed by atoms with Gasteiger partial charge in [-0.2, -0.15) is 0 Å². The Hall–Kier alpha value is -3.23. The first-order valence-electron chi connectivity index (χ1n) is 10.9. The molecular formula is C24H24N6OS. The van der Waals surface area contributed by atoms with Gasteiger partial charge in [0.15, 0.2) is 5.13 Å². The van der Waals surface area contributed by atoms with Gasteiger partial charge in [0.2, 0.25) is 0 Å². The summed E-state index contributed by atoms with van der Waals surface area (Å²) in [6, 6.07) is 6.97. The third-order valence-corrected chi connectivity index (χ3v) is 7.22. The largest absolute Gasteiger partial charge is 0.346 e. The number of nitrogens with one attached hydrogen (secondary N) is 3. The zero-order valence-electron chi connectivity index (χ0n) is 17.8. The van der Waals surface area contributed by atoms with Crippen LogP contribution in [0.4, 0.5) is 9.93 Å². The topological polar surface area (TPSA) is 85.9 Å². The predicted molar refractivity (Wildman–Crippen MR) is 127 cm³/mol. The van der Waals surface area contributed by atoms with Crippen LogP contribution < -0.4 is 10.6 Å². The first-order valence-corrected chi connectivity index (χ1v) is 11.8. The monoisotopic (exact) mass is 444 g/mol. The van der Waals surface area contributed by atoms with Gasteiger partial charge in [-0.05, 0) is 72.3 Å². The molecule has 0 saturated carbocycles. The van der Waals surface area contributed by atoms with Crippen molar-refractivity contribution in [3.63, 3.8) is 0 Å². The van der Waals surface area contributed by atoms with E-state index in [1.54, 1.807) is 6.20 Å². The van der Waals surface area contributed by atoms with Gasteiger partial charge < -0.3 is 15.2 Å². The summed E-state index contributed by atoms with van der Waals surface area (Å²) in [5, 5.41) is 10.2. The van der Waals surface area contributed by atoms with Crippen LogP contribution in [0, 0.1) is 6.92 Å². The van der Waals surface area contributed by atoms with Crippen molar-refractivity contribution >= 4 is 33.5 Å². The summed E-state index contributed by atoms with van der Waals surface area (Å²) in [6.07, 6.45) is 7.93. The zero-order chi connectivity index (χ0) is 21.7. The molecule has 162 valence electrons. The van der Waals surface area contributed by atoms with E-state index >= 15 is 0 Å². The van der Waals surface area contributed by atoms with Crippen LogP contribution in [0.2, 0.25) is 0 Å². The Morgan fingerprint density at radius 3 is 2.97 bits per heavy atom. The minimum absolute atomic E-state index is 0.103. The highest BCUT2D eigenvalue weighted by Gasteiger charge is 2.30. The number of aromatic nitrogens is 3. The summed E-state index contributed by atoms with van der Waals surface area (Å²) in [6.45, 7) is 4.35. The van der Waals surface area contributed by atoms with Gasteiger partial charge >= 0.3 is 6.03 Å². The molecule has 0 unspecified atom stereocenters. The minimum atomic E-state index is -0.103. The van der Waals surface area contributed by atoms with E-state index in [1.165, 1.54) is 40.0 Å². The van der Waals surface area contributed by atoms with Gasteiger partial charge in [0.25, 0.3) is 0 Å². The quantitative estimate of drug-likeness (QED) is 0.417. The predicted octanol–water partition coefficient (Wildman–Crippen LogP) is 4.97. The average molecular weight is 445 g/mol. The fourth-order valence-electron chi connectivity index (χ4n) is 4.86. The van der Waals surface area contributed by atoms with Crippen LogP contribution in [0.5, 0.6) is 0 Å². The third-order valence-electron chi connectivity index (χ3n) is 6.53. The number of aromatic amines is 1. The first kappa shape index (κ1) is 19.5. The molecule has 0 bridgehead atoms. The number of H-pyrrole nitrogens is 1. The fraction of sp³-hybridized carbons (Fsp3) is 0.292. The smallest absolute Gasteiger partial charge is 0.324 e. The number of fused-ring (bicyclic) bond motifs is 2. The highest BCUT2D eigenvalue weighted by atomic mass is 32.1. The molecule has 7 nitrogen and oxygen atoms in total. The van der Waals surface area contributed by atoms with E-state index in [0.29, 0.717) is 24.3 Å². The lowest BCUT2D eigenvalue weighted by Gasteiger charge is -2.18. The van der Waals surface area contributed by atoms with Crippen molar-refractivity contribution in [2.24, 2.45) is 0 Å². The highest BCUT2D eigenvalue weighted by molar-refractivity contribution is 7.13. The van der Waals surface area contributed by atoms with Gasteiger partial charge in [-0.25, -0.2) is 14.8 Å². The van der Waals surface area contributed by atoms with E-state index in [2.05, 4.69) is 50.7 Å². The van der Waals surface area contributed by atoms with Crippen molar-refractivity contribution < 1.29 is 4.79 Å². The summed E-state index contributed by atoms with van der Waals surface area (Å²) in [5.74, 6) is 0. The molecule has 2 aliphatic rings. The number of aryl methyl sites for hydroxylation is 1. The van der Waals surface area contributed by atoms with E-state index < -0.39 is 0 Å². The van der Waals surface area contributed by atoms with Crippen molar-refractivity contribution in [2.75, 3.05) is 11.9 Å². The van der Waals surface area contributed by atoms with Crippen LogP contribution in [0.15, 0.2) is 42.2 Å². The Balaban J connectivity index is 1.38. The van der Waals surface area contributed by atoms with Gasteiger partial charge in [0, 0.05) is 54.1 Å². The molecule has 1 aromatic carbocycles. The van der Waals surface area contributed by atoms with Gasteiger partial charge in [-0.3, -0.25) is 5.32 Å². The van der Waals surface area contributed by atoms with E-state index in [-0.39, 0.29) is 6.03 Å². The molecule has 6 rings (SSSR count). The van der Waals surface area contributed by atoms with Crippen LogP contribution in [-0.2, 0) is 13.1 Å². The molecule has 0 spiro atoms. The summed E-state index contributed by atoms with van der Waals surface area (Å²) < 4.78 is 0. The van der Waals surface area contributed by atoms with Crippen molar-refractivity contribution in [3.8, 4) is 11.1 Å². The summed E-state index contributed by atoms with van der Waals surface area (Å²) in [5.41, 5.74) is 8.16. The number of rotatable bonds is 3. The van der Waals surface area contributed by atoms with Crippen LogP contribution in [0.3, 0.4) is 0 Å². The maximum atomic E-state index is 12.9. The van der Waals surface area contributed by atoms with Crippen molar-refractivity contribution in [2.45, 2.75) is 38.9 Å². The number of nitrogens with zero attached hydrogens (tertiary/aromatic N) is 3. The Bertz CT molecular complexity index is 1310. The van der Waals surface area contributed by atoms with Crippen LogP contribution in [0.1, 0.15) is 41.1 Å². The van der Waals surface area contributed by atoms with Gasteiger partial charge in [-0.15, -0.1) is 11.3 Å². The van der Waals surface area contributed by atoms with Crippen LogP contribution >= 0.6 is 11.3 Å². The second-order valence-electron chi connectivity index (χ2n) is 8.57. The number of carbonyl (C=O) groups is 1. The number of benzene rings is 1. The van der Waals surface area contributed by atoms with Crippen LogP contribution in [-0.4, -0.2) is 32.4 Å². The number of urea groups is 1. The van der Waals surface area contributed by atoms with Gasteiger partial charge in [0.1, 0.15) is 5.65 Å².